The minimum atomic E-state index is -0.169. The Balaban J connectivity index is 1.90. The number of nitrogens with one attached hydrogen (secondary N) is 1. The smallest absolute Gasteiger partial charge is 0.137 e. The van der Waals surface area contributed by atoms with Crippen molar-refractivity contribution in [1.82, 2.24) is 5.32 Å². The van der Waals surface area contributed by atoms with E-state index in [-0.39, 0.29) is 5.82 Å². The predicted molar refractivity (Wildman–Crippen MR) is 65.5 cm³/mol. The van der Waals surface area contributed by atoms with Crippen LogP contribution in [-0.2, 0) is 6.42 Å². The van der Waals surface area contributed by atoms with Gasteiger partial charge in [-0.1, -0.05) is 0 Å². The van der Waals surface area contributed by atoms with Crippen LogP contribution < -0.4 is 5.32 Å². The molecule has 1 unspecified atom stereocenters. The van der Waals surface area contributed by atoms with E-state index in [1.54, 1.807) is 12.3 Å². The molecule has 3 rings (SSSR count). The Morgan fingerprint density at radius 2 is 2.35 bits per heavy atom. The Morgan fingerprint density at radius 1 is 1.41 bits per heavy atom. The van der Waals surface area contributed by atoms with Gasteiger partial charge in [-0.25, -0.2) is 4.39 Å². The van der Waals surface area contributed by atoms with E-state index in [9.17, 15) is 4.39 Å². The fourth-order valence-corrected chi connectivity index (χ4v) is 2.68. The van der Waals surface area contributed by atoms with E-state index in [1.807, 2.05) is 6.07 Å². The Kier molecular flexibility index (Phi) is 2.85. The highest BCUT2D eigenvalue weighted by molar-refractivity contribution is 5.80. The van der Waals surface area contributed by atoms with E-state index >= 15 is 0 Å². The molecular formula is C14H16FNO. The first-order valence-corrected chi connectivity index (χ1v) is 6.19. The molecule has 1 saturated heterocycles. The zero-order chi connectivity index (χ0) is 11.7. The van der Waals surface area contributed by atoms with Crippen molar-refractivity contribution in [2.24, 2.45) is 5.92 Å². The third kappa shape index (κ3) is 2.20. The number of furan rings is 1. The van der Waals surface area contributed by atoms with Crippen molar-refractivity contribution in [3.63, 3.8) is 0 Å². The maximum absolute atomic E-state index is 13.5. The van der Waals surface area contributed by atoms with Crippen LogP contribution in [0.1, 0.15) is 18.4 Å². The second-order valence-electron chi connectivity index (χ2n) is 4.82. The van der Waals surface area contributed by atoms with E-state index in [1.165, 1.54) is 18.9 Å². The summed E-state index contributed by atoms with van der Waals surface area (Å²) in [6, 6.07) is 4.96. The number of rotatable bonds is 2. The minimum Gasteiger partial charge on any atom is -0.464 e. The van der Waals surface area contributed by atoms with Crippen LogP contribution in [0.15, 0.2) is 28.9 Å². The van der Waals surface area contributed by atoms with Gasteiger partial charge in [0.15, 0.2) is 0 Å². The molecule has 1 aliphatic rings. The molecule has 17 heavy (non-hydrogen) atoms. The molecule has 1 aromatic heterocycles. The standard InChI is InChI=1S/C14H16FNO/c15-13-7-11-3-5-17-14(11)12(8-13)6-10-2-1-4-16-9-10/h3,5,7-8,10,16H,1-2,4,6,9H2. The van der Waals surface area contributed by atoms with Crippen molar-refractivity contribution >= 4 is 11.0 Å². The van der Waals surface area contributed by atoms with Gasteiger partial charge in [0.25, 0.3) is 0 Å². The highest BCUT2D eigenvalue weighted by Gasteiger charge is 2.16. The molecule has 1 fully saturated rings. The Morgan fingerprint density at radius 3 is 3.18 bits per heavy atom. The summed E-state index contributed by atoms with van der Waals surface area (Å²) in [6.45, 7) is 2.13. The maximum Gasteiger partial charge on any atom is 0.137 e. The molecule has 0 saturated carbocycles. The number of hydrogen-bond acceptors (Lipinski definition) is 2. The minimum absolute atomic E-state index is 0.169. The lowest BCUT2D eigenvalue weighted by Crippen LogP contribution is -2.30. The van der Waals surface area contributed by atoms with Gasteiger partial charge in [0.05, 0.1) is 6.26 Å². The van der Waals surface area contributed by atoms with Gasteiger partial charge in [-0.05, 0) is 62.0 Å². The monoisotopic (exact) mass is 233 g/mol. The van der Waals surface area contributed by atoms with Gasteiger partial charge >= 0.3 is 0 Å². The van der Waals surface area contributed by atoms with Crippen LogP contribution in [0.25, 0.3) is 11.0 Å². The van der Waals surface area contributed by atoms with Crippen molar-refractivity contribution < 1.29 is 8.81 Å². The molecule has 90 valence electrons. The highest BCUT2D eigenvalue weighted by atomic mass is 19.1. The van der Waals surface area contributed by atoms with Crippen LogP contribution in [0.5, 0.6) is 0 Å². The van der Waals surface area contributed by atoms with Crippen LogP contribution in [0, 0.1) is 11.7 Å². The van der Waals surface area contributed by atoms with E-state index in [4.69, 9.17) is 4.42 Å². The second-order valence-corrected chi connectivity index (χ2v) is 4.82. The molecule has 0 radical (unpaired) electrons. The third-order valence-electron chi connectivity index (χ3n) is 3.50. The van der Waals surface area contributed by atoms with Crippen molar-refractivity contribution in [2.45, 2.75) is 19.3 Å². The first kappa shape index (κ1) is 10.8. The lowest BCUT2D eigenvalue weighted by Gasteiger charge is -2.22. The molecule has 2 heterocycles. The van der Waals surface area contributed by atoms with Crippen molar-refractivity contribution in [3.05, 3.63) is 35.8 Å². The average Bonchev–Trinajstić information content (AvgIpc) is 2.78. The molecule has 3 heteroatoms. The van der Waals surface area contributed by atoms with Gasteiger partial charge in [0.1, 0.15) is 11.4 Å². The van der Waals surface area contributed by atoms with Gasteiger partial charge in [-0.3, -0.25) is 0 Å². The Hall–Kier alpha value is -1.35. The molecule has 2 nitrogen and oxygen atoms in total. The largest absolute Gasteiger partial charge is 0.464 e. The summed E-state index contributed by atoms with van der Waals surface area (Å²) < 4.78 is 18.9. The zero-order valence-corrected chi connectivity index (χ0v) is 9.71. The van der Waals surface area contributed by atoms with Crippen LogP contribution in [0.4, 0.5) is 4.39 Å². The number of fused-ring (bicyclic) bond motifs is 1. The molecular weight excluding hydrogens is 217 g/mol. The topological polar surface area (TPSA) is 25.2 Å². The van der Waals surface area contributed by atoms with Crippen molar-refractivity contribution in [3.8, 4) is 0 Å². The summed E-state index contributed by atoms with van der Waals surface area (Å²) in [6.07, 6.45) is 4.95. The van der Waals surface area contributed by atoms with Crippen LogP contribution in [0.3, 0.4) is 0 Å². The fraction of sp³-hybridized carbons (Fsp3) is 0.429. The Bertz CT molecular complexity index is 514. The fourth-order valence-electron chi connectivity index (χ4n) is 2.68. The summed E-state index contributed by atoms with van der Waals surface area (Å²) in [5.41, 5.74) is 1.84. The van der Waals surface area contributed by atoms with Crippen LogP contribution in [-0.4, -0.2) is 13.1 Å². The Labute approximate surface area is 99.8 Å². The SMILES string of the molecule is Fc1cc(CC2CCCNC2)c2occc2c1. The van der Waals surface area contributed by atoms with Crippen molar-refractivity contribution in [2.75, 3.05) is 13.1 Å². The number of piperidine rings is 1. The molecule has 1 aliphatic heterocycles. The summed E-state index contributed by atoms with van der Waals surface area (Å²) in [5.74, 6) is 0.427. The van der Waals surface area contributed by atoms with Gasteiger partial charge in [0.2, 0.25) is 0 Å². The maximum atomic E-state index is 13.5. The molecule has 1 N–H and O–H groups in total. The molecule has 0 spiro atoms. The first-order valence-electron chi connectivity index (χ1n) is 6.19. The van der Waals surface area contributed by atoms with E-state index < -0.39 is 0 Å². The predicted octanol–water partition coefficient (Wildman–Crippen LogP) is 3.11. The third-order valence-corrected chi connectivity index (χ3v) is 3.50. The summed E-state index contributed by atoms with van der Waals surface area (Å²) in [7, 11) is 0. The molecule has 1 aromatic carbocycles. The van der Waals surface area contributed by atoms with Gasteiger partial charge in [0, 0.05) is 5.39 Å². The molecule has 0 bridgehead atoms. The average molecular weight is 233 g/mol. The first-order chi connectivity index (χ1) is 8.33. The van der Waals surface area contributed by atoms with E-state index in [2.05, 4.69) is 5.32 Å². The number of halogens is 1. The van der Waals surface area contributed by atoms with Gasteiger partial charge < -0.3 is 9.73 Å². The normalized spacial score (nSPS) is 20.9. The quantitative estimate of drug-likeness (QED) is 0.862. The summed E-state index contributed by atoms with van der Waals surface area (Å²) >= 11 is 0. The van der Waals surface area contributed by atoms with Gasteiger partial charge in [-0.15, -0.1) is 0 Å². The second kappa shape index (κ2) is 4.49. The lowest BCUT2D eigenvalue weighted by atomic mass is 9.92. The van der Waals surface area contributed by atoms with Crippen molar-refractivity contribution in [1.29, 1.82) is 0 Å². The van der Waals surface area contributed by atoms with E-state index in [0.29, 0.717) is 5.92 Å². The molecule has 2 aromatic rings. The molecule has 0 amide bonds. The molecule has 0 aliphatic carbocycles. The number of benzene rings is 1. The number of hydrogen-bond donors (Lipinski definition) is 1. The van der Waals surface area contributed by atoms with Gasteiger partial charge in [-0.2, -0.15) is 0 Å². The zero-order valence-electron chi connectivity index (χ0n) is 9.71. The molecule has 1 atom stereocenters. The van der Waals surface area contributed by atoms with E-state index in [0.717, 1.165) is 36.0 Å². The summed E-state index contributed by atoms with van der Waals surface area (Å²) in [4.78, 5) is 0. The lowest BCUT2D eigenvalue weighted by molar-refractivity contribution is 0.375. The highest BCUT2D eigenvalue weighted by Crippen LogP contribution is 2.25. The van der Waals surface area contributed by atoms with Crippen LogP contribution in [0.2, 0.25) is 0 Å². The van der Waals surface area contributed by atoms with Crippen LogP contribution >= 0.6 is 0 Å². The summed E-state index contributed by atoms with van der Waals surface area (Å²) in [5, 5.41) is 4.25.